The van der Waals surface area contributed by atoms with E-state index in [9.17, 15) is 13.2 Å². The zero-order chi connectivity index (χ0) is 22.1. The number of ether oxygens (including phenoxy) is 1. The summed E-state index contributed by atoms with van der Waals surface area (Å²) in [5.74, 6) is 0.549. The molecule has 1 atom stereocenters. The molecule has 0 aliphatic rings. The fraction of sp³-hybridized carbons (Fsp3) is 0.435. The van der Waals surface area contributed by atoms with Crippen LogP contribution in [0.25, 0.3) is 0 Å². The zero-order valence-corrected chi connectivity index (χ0v) is 19.0. The van der Waals surface area contributed by atoms with E-state index in [1.165, 1.54) is 4.31 Å². The van der Waals surface area contributed by atoms with Gasteiger partial charge in [-0.15, -0.1) is 0 Å². The Bertz CT molecular complexity index is 914. The molecule has 0 fully saturated rings. The maximum atomic E-state index is 12.8. The predicted molar refractivity (Wildman–Crippen MR) is 121 cm³/mol. The van der Waals surface area contributed by atoms with Crippen LogP contribution in [0.5, 0.6) is 5.75 Å². The molecule has 0 aromatic heterocycles. The summed E-state index contributed by atoms with van der Waals surface area (Å²) in [6, 6.07) is 15.9. The van der Waals surface area contributed by atoms with Crippen LogP contribution in [0.1, 0.15) is 39.2 Å². The van der Waals surface area contributed by atoms with Crippen molar-refractivity contribution in [2.45, 2.75) is 52.2 Å². The van der Waals surface area contributed by atoms with Crippen molar-refractivity contribution in [1.29, 1.82) is 0 Å². The Kier molecular flexibility index (Phi) is 8.72. The molecule has 0 saturated heterocycles. The molecule has 164 valence electrons. The molecule has 2 aromatic carbocycles. The molecule has 2 rings (SSSR count). The van der Waals surface area contributed by atoms with E-state index < -0.39 is 16.1 Å². The summed E-state index contributed by atoms with van der Waals surface area (Å²) in [6.07, 6.45) is 3.16. The van der Waals surface area contributed by atoms with Gasteiger partial charge in [-0.25, -0.2) is 8.42 Å². The van der Waals surface area contributed by atoms with Gasteiger partial charge in [0.2, 0.25) is 15.9 Å². The SMILES string of the molecule is CC[C@@H](C(=O)NCCCc1cccc(OC(C)C)c1)N(c1ccccc1)S(C)(=O)=O. The summed E-state index contributed by atoms with van der Waals surface area (Å²) >= 11 is 0. The number of para-hydroxylation sites is 1. The molecule has 0 heterocycles. The second-order valence-electron chi connectivity index (χ2n) is 7.53. The van der Waals surface area contributed by atoms with Crippen molar-refractivity contribution >= 4 is 21.6 Å². The normalized spacial score (nSPS) is 12.4. The van der Waals surface area contributed by atoms with Crippen molar-refractivity contribution in [2.24, 2.45) is 0 Å². The molecule has 6 nitrogen and oxygen atoms in total. The van der Waals surface area contributed by atoms with Crippen LogP contribution in [0.15, 0.2) is 54.6 Å². The molecule has 30 heavy (non-hydrogen) atoms. The Morgan fingerprint density at radius 1 is 1.10 bits per heavy atom. The van der Waals surface area contributed by atoms with Crippen LogP contribution in [-0.4, -0.2) is 39.3 Å². The van der Waals surface area contributed by atoms with Gasteiger partial charge in [-0.1, -0.05) is 37.3 Å². The van der Waals surface area contributed by atoms with Crippen LogP contribution >= 0.6 is 0 Å². The first-order valence-corrected chi connectivity index (χ1v) is 12.1. The molecule has 0 aliphatic heterocycles. The Hall–Kier alpha value is -2.54. The molecule has 2 aromatic rings. The average Bonchev–Trinajstić information content (AvgIpc) is 2.68. The van der Waals surface area contributed by atoms with Gasteiger partial charge in [0.25, 0.3) is 0 Å². The summed E-state index contributed by atoms with van der Waals surface area (Å²) in [5, 5.41) is 2.90. The smallest absolute Gasteiger partial charge is 0.243 e. The summed E-state index contributed by atoms with van der Waals surface area (Å²) < 4.78 is 31.7. The van der Waals surface area contributed by atoms with Crippen molar-refractivity contribution in [2.75, 3.05) is 17.1 Å². The fourth-order valence-electron chi connectivity index (χ4n) is 3.30. The third kappa shape index (κ3) is 7.06. The van der Waals surface area contributed by atoms with Crippen molar-refractivity contribution in [3.8, 4) is 5.75 Å². The van der Waals surface area contributed by atoms with Gasteiger partial charge in [0.15, 0.2) is 0 Å². The Balaban J connectivity index is 1.97. The molecule has 1 N–H and O–H groups in total. The number of amides is 1. The zero-order valence-electron chi connectivity index (χ0n) is 18.2. The highest BCUT2D eigenvalue weighted by atomic mass is 32.2. The second-order valence-corrected chi connectivity index (χ2v) is 9.39. The first-order chi connectivity index (χ1) is 14.2. The van der Waals surface area contributed by atoms with Gasteiger partial charge in [-0.2, -0.15) is 0 Å². The van der Waals surface area contributed by atoms with Crippen LogP contribution in [0, 0.1) is 0 Å². The van der Waals surface area contributed by atoms with Crippen LogP contribution in [0.2, 0.25) is 0 Å². The van der Waals surface area contributed by atoms with Crippen molar-refractivity contribution < 1.29 is 17.9 Å². The number of benzene rings is 2. The maximum Gasteiger partial charge on any atom is 0.243 e. The Morgan fingerprint density at radius 2 is 1.80 bits per heavy atom. The lowest BCUT2D eigenvalue weighted by atomic mass is 10.1. The van der Waals surface area contributed by atoms with Gasteiger partial charge in [-0.3, -0.25) is 9.10 Å². The van der Waals surface area contributed by atoms with Gasteiger partial charge in [0.05, 0.1) is 18.0 Å². The quantitative estimate of drug-likeness (QED) is 0.549. The summed E-state index contributed by atoms with van der Waals surface area (Å²) in [7, 11) is -3.60. The lowest BCUT2D eigenvalue weighted by molar-refractivity contribution is -0.122. The van der Waals surface area contributed by atoms with Crippen molar-refractivity contribution in [3.63, 3.8) is 0 Å². The third-order valence-corrected chi connectivity index (χ3v) is 5.73. The Labute approximate surface area is 180 Å². The standard InChI is InChI=1S/C23H32N2O4S/c1-5-22(25(30(4,27)28)20-13-7-6-8-14-20)23(26)24-16-10-12-19-11-9-15-21(17-19)29-18(2)3/h6-9,11,13-15,17-18,22H,5,10,12,16H2,1-4H3,(H,24,26)/t22-/m0/s1. The number of carbonyl (C=O) groups is 1. The third-order valence-electron chi connectivity index (χ3n) is 4.55. The maximum absolute atomic E-state index is 12.8. The van der Waals surface area contributed by atoms with E-state index in [1.54, 1.807) is 24.3 Å². The number of nitrogens with one attached hydrogen (secondary N) is 1. The van der Waals surface area contributed by atoms with E-state index in [0.717, 1.165) is 30.4 Å². The van der Waals surface area contributed by atoms with Gasteiger partial charge in [0, 0.05) is 6.54 Å². The van der Waals surface area contributed by atoms with E-state index in [0.29, 0.717) is 18.7 Å². The van der Waals surface area contributed by atoms with E-state index in [-0.39, 0.29) is 12.0 Å². The van der Waals surface area contributed by atoms with E-state index in [4.69, 9.17) is 4.74 Å². The molecule has 0 saturated carbocycles. The largest absolute Gasteiger partial charge is 0.491 e. The number of hydrogen-bond donors (Lipinski definition) is 1. The number of aryl methyl sites for hydroxylation is 1. The monoisotopic (exact) mass is 432 g/mol. The minimum Gasteiger partial charge on any atom is -0.491 e. The van der Waals surface area contributed by atoms with Crippen molar-refractivity contribution in [3.05, 3.63) is 60.2 Å². The molecule has 0 aliphatic carbocycles. The summed E-state index contributed by atoms with van der Waals surface area (Å²) in [6.45, 7) is 6.26. The van der Waals surface area contributed by atoms with Crippen molar-refractivity contribution in [1.82, 2.24) is 5.32 Å². The molecule has 0 bridgehead atoms. The van der Waals surface area contributed by atoms with E-state index in [2.05, 4.69) is 5.32 Å². The highest BCUT2D eigenvalue weighted by Crippen LogP contribution is 2.22. The molecule has 0 spiro atoms. The molecule has 1 amide bonds. The topological polar surface area (TPSA) is 75.7 Å². The first kappa shape index (κ1) is 23.7. The number of carbonyl (C=O) groups excluding carboxylic acids is 1. The predicted octanol–water partition coefficient (Wildman–Crippen LogP) is 3.77. The van der Waals surface area contributed by atoms with Gasteiger partial charge in [-0.05, 0) is 62.9 Å². The lowest BCUT2D eigenvalue weighted by Crippen LogP contribution is -2.49. The molecule has 0 unspecified atom stereocenters. The second kappa shape index (κ2) is 11.0. The lowest BCUT2D eigenvalue weighted by Gasteiger charge is -2.30. The summed E-state index contributed by atoms with van der Waals surface area (Å²) in [4.78, 5) is 12.8. The fourth-order valence-corrected chi connectivity index (χ4v) is 4.52. The average molecular weight is 433 g/mol. The first-order valence-electron chi connectivity index (χ1n) is 10.3. The summed E-state index contributed by atoms with van der Waals surface area (Å²) in [5.41, 5.74) is 1.63. The van der Waals surface area contributed by atoms with E-state index >= 15 is 0 Å². The highest BCUT2D eigenvalue weighted by Gasteiger charge is 2.31. The Morgan fingerprint density at radius 3 is 2.40 bits per heavy atom. The van der Waals surface area contributed by atoms with Crippen LogP contribution in [0.3, 0.4) is 0 Å². The van der Waals surface area contributed by atoms with Gasteiger partial charge >= 0.3 is 0 Å². The molecule has 0 radical (unpaired) electrons. The number of nitrogens with zero attached hydrogens (tertiary/aromatic N) is 1. The highest BCUT2D eigenvalue weighted by molar-refractivity contribution is 7.92. The van der Waals surface area contributed by atoms with Gasteiger partial charge < -0.3 is 10.1 Å². The van der Waals surface area contributed by atoms with E-state index in [1.807, 2.05) is 51.1 Å². The minimum absolute atomic E-state index is 0.118. The molecular formula is C23H32N2O4S. The number of anilines is 1. The molecule has 7 heteroatoms. The minimum atomic E-state index is -3.60. The number of rotatable bonds is 11. The van der Waals surface area contributed by atoms with Crippen LogP contribution in [0.4, 0.5) is 5.69 Å². The number of sulfonamides is 1. The molecular weight excluding hydrogens is 400 g/mol. The number of hydrogen-bond acceptors (Lipinski definition) is 4. The van der Waals surface area contributed by atoms with Gasteiger partial charge in [0.1, 0.15) is 11.8 Å². The van der Waals surface area contributed by atoms with Crippen LogP contribution < -0.4 is 14.4 Å². The van der Waals surface area contributed by atoms with Crippen LogP contribution in [-0.2, 0) is 21.2 Å².